The van der Waals surface area contributed by atoms with E-state index in [0.29, 0.717) is 51.9 Å². The van der Waals surface area contributed by atoms with Crippen LogP contribution < -0.4 is 0 Å². The van der Waals surface area contributed by atoms with Crippen LogP contribution in [0.1, 0.15) is 105 Å². The van der Waals surface area contributed by atoms with E-state index >= 15 is 0 Å². The Morgan fingerprint density at radius 2 is 0.942 bits per heavy atom. The molecule has 0 unspecified atom stereocenters. The topological polar surface area (TPSA) is 107 Å². The Morgan fingerprint density at radius 1 is 0.615 bits per heavy atom. The second-order valence-electron chi connectivity index (χ2n) is 15.4. The quantitative estimate of drug-likeness (QED) is 0.0598. The Hall–Kier alpha value is -3.24. The highest BCUT2D eigenvalue weighted by Gasteiger charge is 2.46. The molecule has 0 spiro atoms. The van der Waals surface area contributed by atoms with Gasteiger partial charge in [-0.05, 0) is 99.0 Å². The standard InChI is InChI=1S/C36H48F6N4O4S2/c1-35(2)19-25(31(51(37,38)39)29(21-35)45-13-7-8-14-45)27(23-43)33(47)49-17-11-5-6-12-18-50-34(48)28(24-44)26-20-36(3,4)22-30(32(26)52(40,41)42)46-15-9-10-16-46/h5-22H2,1-4H3/b27-25+,28-26+. The van der Waals surface area contributed by atoms with Crippen molar-refractivity contribution in [3.8, 4) is 12.1 Å². The van der Waals surface area contributed by atoms with Crippen LogP contribution in [-0.2, 0) is 19.1 Å². The van der Waals surface area contributed by atoms with E-state index in [-0.39, 0.29) is 61.4 Å². The van der Waals surface area contributed by atoms with Crippen molar-refractivity contribution in [2.75, 3.05) is 39.4 Å². The molecule has 0 N–H and O–H groups in total. The lowest BCUT2D eigenvalue weighted by molar-refractivity contribution is -0.140. The molecule has 2 heterocycles. The molecule has 16 heteroatoms. The summed E-state index contributed by atoms with van der Waals surface area (Å²) in [5, 5.41) is 19.7. The second kappa shape index (κ2) is 16.8. The molecule has 0 atom stereocenters. The van der Waals surface area contributed by atoms with Crippen LogP contribution in [0.15, 0.2) is 43.5 Å². The molecular formula is C36H48F6N4O4S2. The third-order valence-corrected chi connectivity index (χ3v) is 11.7. The zero-order valence-corrected chi connectivity index (χ0v) is 31.9. The van der Waals surface area contributed by atoms with Crippen molar-refractivity contribution in [2.24, 2.45) is 10.8 Å². The molecule has 0 aromatic heterocycles. The molecule has 8 nitrogen and oxygen atoms in total. The second-order valence-corrected chi connectivity index (χ2v) is 17.8. The van der Waals surface area contributed by atoms with E-state index in [9.17, 15) is 43.4 Å². The fraction of sp³-hybridized carbons (Fsp3) is 0.667. The molecular weight excluding hydrogens is 731 g/mol. The Labute approximate surface area is 306 Å². The fourth-order valence-corrected chi connectivity index (χ4v) is 9.44. The molecule has 0 aromatic rings. The Morgan fingerprint density at radius 3 is 1.23 bits per heavy atom. The summed E-state index contributed by atoms with van der Waals surface area (Å²) < 4.78 is 97.8. The van der Waals surface area contributed by atoms with E-state index in [0.717, 1.165) is 25.7 Å². The monoisotopic (exact) mass is 778 g/mol. The van der Waals surface area contributed by atoms with Gasteiger partial charge >= 0.3 is 11.9 Å². The van der Waals surface area contributed by atoms with E-state index < -0.39 is 66.1 Å². The first-order valence-electron chi connectivity index (χ1n) is 17.7. The van der Waals surface area contributed by atoms with Gasteiger partial charge in [0.15, 0.2) is 0 Å². The number of allylic oxidation sites excluding steroid dienone is 4. The summed E-state index contributed by atoms with van der Waals surface area (Å²) in [5.74, 6) is -2.20. The van der Waals surface area contributed by atoms with Gasteiger partial charge in [0.25, 0.3) is 0 Å². The molecule has 0 saturated carbocycles. The molecule has 4 aliphatic rings. The van der Waals surface area contributed by atoms with E-state index in [1.807, 2.05) is 27.7 Å². The Bertz CT molecular complexity index is 1490. The number of carbonyl (C=O) groups is 2. The van der Waals surface area contributed by atoms with Gasteiger partial charge in [0, 0.05) is 37.6 Å². The van der Waals surface area contributed by atoms with Gasteiger partial charge in [0.2, 0.25) is 22.4 Å². The van der Waals surface area contributed by atoms with Crippen molar-refractivity contribution in [3.63, 3.8) is 0 Å². The molecule has 0 radical (unpaired) electrons. The normalized spacial score (nSPS) is 23.2. The molecule has 0 amide bonds. The summed E-state index contributed by atoms with van der Waals surface area (Å²) in [6, 6.07) is 3.39. The van der Waals surface area contributed by atoms with E-state index in [1.165, 1.54) is 0 Å². The lowest BCUT2D eigenvalue weighted by atomic mass is 9.75. The van der Waals surface area contributed by atoms with Crippen LogP contribution in [0.2, 0.25) is 0 Å². The number of likely N-dealkylation sites (tertiary alicyclic amines) is 2. The van der Waals surface area contributed by atoms with Crippen LogP contribution in [0, 0.1) is 33.5 Å². The number of nitrogens with zero attached hydrogens (tertiary/aromatic N) is 4. The van der Waals surface area contributed by atoms with Gasteiger partial charge in [-0.25, -0.2) is 9.59 Å². The zero-order valence-electron chi connectivity index (χ0n) is 30.2. The number of ether oxygens (including phenoxy) is 2. The molecule has 2 fully saturated rings. The Kier molecular flexibility index (Phi) is 13.4. The average molecular weight is 779 g/mol. The number of carbonyl (C=O) groups excluding carboxylic acids is 2. The maximum Gasteiger partial charge on any atom is 0.349 e. The summed E-state index contributed by atoms with van der Waals surface area (Å²) in [4.78, 5) is 27.7. The number of halogens is 6. The summed E-state index contributed by atoms with van der Waals surface area (Å²) in [7, 11) is 0. The predicted molar refractivity (Wildman–Crippen MR) is 189 cm³/mol. The van der Waals surface area contributed by atoms with Gasteiger partial charge in [-0.15, -0.1) is 23.3 Å². The first-order valence-corrected chi connectivity index (χ1v) is 20.4. The summed E-state index contributed by atoms with van der Waals surface area (Å²) in [5.41, 5.74) is -2.75. The zero-order chi connectivity index (χ0) is 38.5. The van der Waals surface area contributed by atoms with Crippen molar-refractivity contribution < 1.29 is 42.4 Å². The SMILES string of the molecule is CC1(C)CC(N2CCCC2)=C(S(F)(F)F)/C(=C(\C#N)C(=O)OCCCCCCOC(=O)/C(C#N)=C2\CC(C)(C)CC(N3CCCC3)=C2S(F)(F)F)C1. The fourth-order valence-electron chi connectivity index (χ4n) is 7.60. The number of nitriles is 2. The highest BCUT2D eigenvalue weighted by atomic mass is 32.3. The van der Waals surface area contributed by atoms with E-state index in [2.05, 4.69) is 0 Å². The molecule has 290 valence electrons. The molecule has 4 rings (SSSR count). The average Bonchev–Trinajstić information content (AvgIpc) is 3.76. The first kappa shape index (κ1) is 41.5. The van der Waals surface area contributed by atoms with Gasteiger partial charge in [-0.2, -0.15) is 10.5 Å². The molecule has 2 aliphatic carbocycles. The van der Waals surface area contributed by atoms with Crippen LogP contribution in [-0.4, -0.2) is 61.1 Å². The maximum absolute atomic E-state index is 14.5. The largest absolute Gasteiger partial charge is 0.462 e. The number of hydrogen-bond donors (Lipinski definition) is 0. The summed E-state index contributed by atoms with van der Waals surface area (Å²) in [6.45, 7) is 8.97. The van der Waals surface area contributed by atoms with Gasteiger partial charge in [0.05, 0.1) is 13.2 Å². The van der Waals surface area contributed by atoms with E-state index in [4.69, 9.17) is 9.47 Å². The predicted octanol–water partition coefficient (Wildman–Crippen LogP) is 10.4. The molecule has 0 aromatic carbocycles. The number of hydrogen-bond acceptors (Lipinski definition) is 8. The van der Waals surface area contributed by atoms with Crippen molar-refractivity contribution in [1.82, 2.24) is 9.80 Å². The first-order chi connectivity index (χ1) is 24.3. The third-order valence-electron chi connectivity index (χ3n) is 9.85. The van der Waals surface area contributed by atoms with Crippen LogP contribution in [0.25, 0.3) is 0 Å². The van der Waals surface area contributed by atoms with E-state index in [1.54, 1.807) is 21.9 Å². The van der Waals surface area contributed by atoms with Crippen LogP contribution >= 0.6 is 22.4 Å². The van der Waals surface area contributed by atoms with Crippen LogP contribution in [0.3, 0.4) is 0 Å². The van der Waals surface area contributed by atoms with Gasteiger partial charge < -0.3 is 19.3 Å². The van der Waals surface area contributed by atoms with Crippen molar-refractivity contribution in [1.29, 1.82) is 10.5 Å². The molecule has 2 aliphatic heterocycles. The highest BCUT2D eigenvalue weighted by Crippen LogP contribution is 2.68. The van der Waals surface area contributed by atoms with Crippen molar-refractivity contribution in [3.05, 3.63) is 43.5 Å². The number of unbranched alkanes of at least 4 members (excludes halogenated alkanes) is 3. The minimum Gasteiger partial charge on any atom is -0.462 e. The summed E-state index contributed by atoms with van der Waals surface area (Å²) in [6.07, 6.45) is 4.89. The van der Waals surface area contributed by atoms with Crippen molar-refractivity contribution >= 4 is 34.3 Å². The minimum absolute atomic E-state index is 0.0839. The van der Waals surface area contributed by atoms with Gasteiger partial charge in [-0.1, -0.05) is 27.7 Å². The minimum atomic E-state index is -5.77. The number of esters is 2. The van der Waals surface area contributed by atoms with Crippen LogP contribution in [0.4, 0.5) is 23.3 Å². The maximum atomic E-state index is 14.5. The van der Waals surface area contributed by atoms with Gasteiger partial charge in [-0.3, -0.25) is 0 Å². The third kappa shape index (κ3) is 10.2. The lowest BCUT2D eigenvalue weighted by Gasteiger charge is -2.40. The Balaban J connectivity index is 1.35. The lowest BCUT2D eigenvalue weighted by Crippen LogP contribution is -2.31. The smallest absolute Gasteiger partial charge is 0.349 e. The summed E-state index contributed by atoms with van der Waals surface area (Å²) >= 11 is -11.5. The molecule has 52 heavy (non-hydrogen) atoms. The molecule has 2 saturated heterocycles. The van der Waals surface area contributed by atoms with Crippen molar-refractivity contribution in [2.45, 2.75) is 105 Å². The van der Waals surface area contributed by atoms with Gasteiger partial charge in [0.1, 0.15) is 33.1 Å². The van der Waals surface area contributed by atoms with Crippen LogP contribution in [0.5, 0.6) is 0 Å². The number of rotatable bonds is 13. The highest BCUT2D eigenvalue weighted by molar-refractivity contribution is 8.24. The molecule has 0 bridgehead atoms.